The lowest BCUT2D eigenvalue weighted by molar-refractivity contribution is -0.145. The average Bonchev–Trinajstić information content (AvgIpc) is 2.90. The molecule has 1 N–H and O–H groups in total. The highest BCUT2D eigenvalue weighted by Crippen LogP contribution is 2.20. The van der Waals surface area contributed by atoms with Crippen molar-refractivity contribution in [3.05, 3.63) is 30.1 Å². The molecule has 1 aromatic carbocycles. The van der Waals surface area contributed by atoms with Gasteiger partial charge in [0.1, 0.15) is 18.1 Å². The number of imidazole rings is 1. The van der Waals surface area contributed by atoms with Crippen LogP contribution in [0.25, 0.3) is 11.0 Å². The van der Waals surface area contributed by atoms with Crippen molar-refractivity contribution in [2.24, 2.45) is 5.92 Å². The molecule has 1 atom stereocenters. The molecule has 0 spiro atoms. The second kappa shape index (κ2) is 7.06. The van der Waals surface area contributed by atoms with E-state index in [-0.39, 0.29) is 24.7 Å². The van der Waals surface area contributed by atoms with Crippen molar-refractivity contribution in [3.8, 4) is 0 Å². The Hall–Kier alpha value is -2.42. The van der Waals surface area contributed by atoms with Crippen LogP contribution in [0, 0.1) is 5.92 Å². The summed E-state index contributed by atoms with van der Waals surface area (Å²) in [6.45, 7) is 0.635. The molecule has 8 nitrogen and oxygen atoms in total. The van der Waals surface area contributed by atoms with Crippen molar-refractivity contribution in [2.45, 2.75) is 25.1 Å². The van der Waals surface area contributed by atoms with Gasteiger partial charge in [-0.1, -0.05) is 12.1 Å². The molecule has 1 aliphatic heterocycles. The minimum Gasteiger partial charge on any atom is -0.481 e. The Bertz CT molecular complexity index is 950. The zero-order valence-electron chi connectivity index (χ0n) is 14.5. The molecule has 2 heterocycles. The van der Waals surface area contributed by atoms with E-state index in [0.29, 0.717) is 36.2 Å². The smallest absolute Gasteiger partial charge is 0.308 e. The summed E-state index contributed by atoms with van der Waals surface area (Å²) in [7, 11) is -3.31. The summed E-state index contributed by atoms with van der Waals surface area (Å²) in [5.41, 5.74) is 1.31. The quantitative estimate of drug-likeness (QED) is 0.827. The number of carboxylic acid groups (broad SMARTS) is 1. The molecule has 1 fully saturated rings. The van der Waals surface area contributed by atoms with Gasteiger partial charge in [-0.05, 0) is 25.0 Å². The highest BCUT2D eigenvalue weighted by atomic mass is 32.2. The van der Waals surface area contributed by atoms with Gasteiger partial charge in [-0.15, -0.1) is 0 Å². The molecule has 0 aliphatic carbocycles. The number of aliphatic carboxylic acids is 1. The third kappa shape index (κ3) is 4.04. The normalized spacial score (nSPS) is 18.2. The van der Waals surface area contributed by atoms with Gasteiger partial charge in [0.15, 0.2) is 9.84 Å². The van der Waals surface area contributed by atoms with Crippen molar-refractivity contribution in [1.82, 2.24) is 14.5 Å². The highest BCUT2D eigenvalue weighted by molar-refractivity contribution is 7.89. The minimum atomic E-state index is -3.31. The number of aromatic nitrogens is 2. The second-order valence-corrected chi connectivity index (χ2v) is 8.83. The lowest BCUT2D eigenvalue weighted by Gasteiger charge is -2.31. The molecular weight excluding hydrogens is 358 g/mol. The first kappa shape index (κ1) is 18.4. The fourth-order valence-electron chi connectivity index (χ4n) is 3.29. The van der Waals surface area contributed by atoms with Crippen molar-refractivity contribution >= 4 is 32.7 Å². The second-order valence-electron chi connectivity index (χ2n) is 6.69. The van der Waals surface area contributed by atoms with E-state index in [0.717, 1.165) is 6.26 Å². The average molecular weight is 379 g/mol. The Morgan fingerprint density at radius 3 is 2.73 bits per heavy atom. The van der Waals surface area contributed by atoms with Gasteiger partial charge in [-0.3, -0.25) is 9.59 Å². The maximum absolute atomic E-state index is 12.7. The zero-order chi connectivity index (χ0) is 18.9. The number of fused-ring (bicyclic) bond motifs is 1. The van der Waals surface area contributed by atoms with Crippen LogP contribution in [0.4, 0.5) is 0 Å². The Morgan fingerprint density at radius 1 is 1.31 bits per heavy atom. The molecule has 1 saturated heterocycles. The first-order valence-electron chi connectivity index (χ1n) is 8.37. The molecule has 0 bridgehead atoms. The van der Waals surface area contributed by atoms with Crippen LogP contribution in [0.2, 0.25) is 0 Å². The number of sulfone groups is 1. The monoisotopic (exact) mass is 379 g/mol. The van der Waals surface area contributed by atoms with Crippen molar-refractivity contribution in [3.63, 3.8) is 0 Å². The molecule has 1 amide bonds. The van der Waals surface area contributed by atoms with Gasteiger partial charge in [0, 0.05) is 19.3 Å². The van der Waals surface area contributed by atoms with Gasteiger partial charge in [0.2, 0.25) is 5.91 Å². The summed E-state index contributed by atoms with van der Waals surface area (Å²) in [6.07, 6.45) is 2.33. The van der Waals surface area contributed by atoms with Gasteiger partial charge in [-0.25, -0.2) is 13.4 Å². The topological polar surface area (TPSA) is 110 Å². The lowest BCUT2D eigenvalue weighted by atomic mass is 9.98. The van der Waals surface area contributed by atoms with Crippen molar-refractivity contribution in [1.29, 1.82) is 0 Å². The summed E-state index contributed by atoms with van der Waals surface area (Å²) in [5, 5.41) is 9.19. The summed E-state index contributed by atoms with van der Waals surface area (Å²) in [5.74, 6) is -1.62. The summed E-state index contributed by atoms with van der Waals surface area (Å²) < 4.78 is 25.1. The maximum atomic E-state index is 12.7. The van der Waals surface area contributed by atoms with Gasteiger partial charge >= 0.3 is 5.97 Å². The molecule has 0 radical (unpaired) electrons. The number of para-hydroxylation sites is 2. The number of carboxylic acids is 1. The van der Waals surface area contributed by atoms with Crippen LogP contribution >= 0.6 is 0 Å². The Labute approximate surface area is 151 Å². The van der Waals surface area contributed by atoms with Crippen LogP contribution in [0.15, 0.2) is 24.3 Å². The van der Waals surface area contributed by atoms with E-state index < -0.39 is 21.7 Å². The number of nitrogens with zero attached hydrogens (tertiary/aromatic N) is 3. The van der Waals surface area contributed by atoms with Crippen LogP contribution in [-0.2, 0) is 31.7 Å². The first-order chi connectivity index (χ1) is 12.2. The molecule has 2 aromatic rings. The molecule has 9 heteroatoms. The fourth-order valence-corrected chi connectivity index (χ4v) is 3.98. The molecule has 140 valence electrons. The minimum absolute atomic E-state index is 0.0578. The molecule has 0 unspecified atom stereocenters. The molecule has 1 aliphatic rings. The summed E-state index contributed by atoms with van der Waals surface area (Å²) >= 11 is 0. The first-order valence-corrected chi connectivity index (χ1v) is 10.4. The summed E-state index contributed by atoms with van der Waals surface area (Å²) in [6, 6.07) is 7.16. The van der Waals surface area contributed by atoms with E-state index >= 15 is 0 Å². The molecule has 3 rings (SSSR count). The lowest BCUT2D eigenvalue weighted by Crippen LogP contribution is -2.43. The van der Waals surface area contributed by atoms with E-state index in [2.05, 4.69) is 4.98 Å². The van der Waals surface area contributed by atoms with Crippen LogP contribution in [-0.4, -0.2) is 59.2 Å². The number of carbonyl (C=O) groups excluding carboxylic acids is 1. The molecule has 1 aromatic heterocycles. The van der Waals surface area contributed by atoms with E-state index in [4.69, 9.17) is 0 Å². The highest BCUT2D eigenvalue weighted by Gasteiger charge is 2.29. The number of carbonyl (C=O) groups is 2. The number of benzene rings is 1. The third-order valence-corrected chi connectivity index (χ3v) is 5.32. The SMILES string of the molecule is CS(=O)(=O)Cc1nc2ccccc2n1CC(=O)N1CCC[C@@H](C(=O)O)C1. The number of amides is 1. The Balaban J connectivity index is 1.88. The Kier molecular flexibility index (Phi) is 4.99. The molecule has 26 heavy (non-hydrogen) atoms. The standard InChI is InChI=1S/C17H21N3O5S/c1-26(24,25)11-15-18-13-6-2-3-7-14(13)20(15)10-16(21)19-8-4-5-12(9-19)17(22)23/h2-3,6-7,12H,4-5,8-11H2,1H3,(H,22,23)/t12-/m1/s1. The maximum Gasteiger partial charge on any atom is 0.308 e. The Morgan fingerprint density at radius 2 is 2.04 bits per heavy atom. The predicted molar refractivity (Wildman–Crippen MR) is 95.2 cm³/mol. The molecule has 0 saturated carbocycles. The van der Waals surface area contributed by atoms with Crippen molar-refractivity contribution in [2.75, 3.05) is 19.3 Å². The van der Waals surface area contributed by atoms with Crippen LogP contribution in [0.5, 0.6) is 0 Å². The van der Waals surface area contributed by atoms with Gasteiger partial charge in [-0.2, -0.15) is 0 Å². The van der Waals surface area contributed by atoms with Gasteiger partial charge in [0.25, 0.3) is 0 Å². The largest absolute Gasteiger partial charge is 0.481 e. The van der Waals surface area contributed by atoms with Crippen molar-refractivity contribution < 1.29 is 23.1 Å². The van der Waals surface area contributed by atoms with Gasteiger partial charge in [0.05, 0.1) is 17.0 Å². The number of likely N-dealkylation sites (tertiary alicyclic amines) is 1. The third-order valence-electron chi connectivity index (χ3n) is 4.54. The van der Waals surface area contributed by atoms with E-state index in [1.54, 1.807) is 33.7 Å². The summed E-state index contributed by atoms with van der Waals surface area (Å²) in [4.78, 5) is 29.8. The van der Waals surface area contributed by atoms with Gasteiger partial charge < -0.3 is 14.6 Å². The molecular formula is C17H21N3O5S. The van der Waals surface area contributed by atoms with Crippen LogP contribution < -0.4 is 0 Å². The zero-order valence-corrected chi connectivity index (χ0v) is 15.3. The number of rotatable bonds is 5. The number of hydrogen-bond donors (Lipinski definition) is 1. The predicted octanol–water partition coefficient (Wildman–Crippen LogP) is 0.904. The fraction of sp³-hybridized carbons (Fsp3) is 0.471. The number of piperidine rings is 1. The van der Waals surface area contributed by atoms with Crippen LogP contribution in [0.3, 0.4) is 0 Å². The van der Waals surface area contributed by atoms with Crippen LogP contribution in [0.1, 0.15) is 18.7 Å². The van der Waals surface area contributed by atoms with E-state index in [9.17, 15) is 23.1 Å². The number of hydrogen-bond acceptors (Lipinski definition) is 5. The van der Waals surface area contributed by atoms with E-state index in [1.165, 1.54) is 0 Å². The van der Waals surface area contributed by atoms with E-state index in [1.807, 2.05) is 0 Å².